The van der Waals surface area contributed by atoms with E-state index in [-0.39, 0.29) is 13.2 Å². The van der Waals surface area contributed by atoms with Gasteiger partial charge in [0.05, 0.1) is 6.54 Å². The average Bonchev–Trinajstić information content (AvgIpc) is 3.17. The first kappa shape index (κ1) is 14.8. The number of carbonyl (C=O) groups is 1. The number of carboxylic acid groups (broad SMARTS) is 1. The van der Waals surface area contributed by atoms with Crippen LogP contribution in [0.15, 0.2) is 0 Å². The zero-order valence-corrected chi connectivity index (χ0v) is 11.6. The molecule has 0 bridgehead atoms. The second-order valence-corrected chi connectivity index (χ2v) is 6.10. The highest BCUT2D eigenvalue weighted by Gasteiger charge is 2.29. The lowest BCUT2D eigenvalue weighted by atomic mass is 9.90. The van der Waals surface area contributed by atoms with E-state index in [1.54, 1.807) is 0 Å². The maximum Gasteiger partial charge on any atom is 0.317 e. The smallest absolute Gasteiger partial charge is 0.317 e. The lowest BCUT2D eigenvalue weighted by molar-refractivity contribution is -0.138. The molecule has 1 heterocycles. The maximum atomic E-state index is 10.9. The Bertz CT molecular complexity index is 294. The van der Waals surface area contributed by atoms with Gasteiger partial charge >= 0.3 is 5.97 Å². The molecule has 0 aromatic rings. The van der Waals surface area contributed by atoms with Crippen LogP contribution in [0, 0.1) is 11.8 Å². The summed E-state index contributed by atoms with van der Waals surface area (Å²) in [6.45, 7) is 3.15. The molecule has 110 valence electrons. The third-order valence-corrected chi connectivity index (χ3v) is 4.13. The average molecular weight is 270 g/mol. The molecule has 0 radical (unpaired) electrons. The van der Waals surface area contributed by atoms with Crippen LogP contribution in [0.4, 0.5) is 0 Å². The van der Waals surface area contributed by atoms with Crippen LogP contribution < -0.4 is 5.32 Å². The molecule has 1 aliphatic heterocycles. The minimum absolute atomic E-state index is 0.136. The molecule has 0 amide bonds. The largest absolute Gasteiger partial charge is 0.480 e. The quantitative estimate of drug-likeness (QED) is 0.600. The summed E-state index contributed by atoms with van der Waals surface area (Å²) < 4.78 is 0. The van der Waals surface area contributed by atoms with E-state index in [4.69, 9.17) is 10.2 Å². The zero-order valence-electron chi connectivity index (χ0n) is 11.6. The maximum absolute atomic E-state index is 10.9. The van der Waals surface area contributed by atoms with Crippen molar-refractivity contribution in [3.8, 4) is 0 Å². The highest BCUT2D eigenvalue weighted by atomic mass is 16.4. The molecule has 5 nitrogen and oxygen atoms in total. The van der Waals surface area contributed by atoms with Gasteiger partial charge in [-0.25, -0.2) is 0 Å². The topological polar surface area (TPSA) is 72.8 Å². The summed E-state index contributed by atoms with van der Waals surface area (Å²) >= 11 is 0. The molecular formula is C14H26N2O3. The van der Waals surface area contributed by atoms with Crippen LogP contribution in [0.3, 0.4) is 0 Å². The van der Waals surface area contributed by atoms with Crippen LogP contribution in [0.5, 0.6) is 0 Å². The third-order valence-electron chi connectivity index (χ3n) is 4.13. The van der Waals surface area contributed by atoms with Crippen LogP contribution in [0.1, 0.15) is 32.1 Å². The lowest BCUT2D eigenvalue weighted by Gasteiger charge is -2.37. The van der Waals surface area contributed by atoms with Crippen molar-refractivity contribution < 1.29 is 15.0 Å². The standard InChI is InChI=1S/C14H26N2O3/c17-5-1-2-12-6-13(15-7-11-3-4-11)9-16(8-12)10-14(18)19/h11-13,15,17H,1-10H2,(H,18,19). The Balaban J connectivity index is 1.80. The Morgan fingerprint density at radius 3 is 2.68 bits per heavy atom. The van der Waals surface area contributed by atoms with Gasteiger partial charge in [0.2, 0.25) is 0 Å². The summed E-state index contributed by atoms with van der Waals surface area (Å²) in [6.07, 6.45) is 5.61. The number of aliphatic carboxylic acids is 1. The fraction of sp³-hybridized carbons (Fsp3) is 0.929. The number of carboxylic acids is 1. The Morgan fingerprint density at radius 2 is 2.05 bits per heavy atom. The van der Waals surface area contributed by atoms with E-state index in [1.165, 1.54) is 12.8 Å². The predicted octanol–water partition coefficient (Wildman–Crippen LogP) is 0.534. The Kier molecular flexibility index (Phi) is 5.60. The summed E-state index contributed by atoms with van der Waals surface area (Å²) in [4.78, 5) is 12.9. The molecule has 1 aliphatic carbocycles. The summed E-state index contributed by atoms with van der Waals surface area (Å²) in [5, 5.41) is 21.5. The molecule has 1 saturated carbocycles. The van der Waals surface area contributed by atoms with E-state index < -0.39 is 5.97 Å². The first-order valence-electron chi connectivity index (χ1n) is 7.45. The summed E-state index contributed by atoms with van der Waals surface area (Å²) in [5.74, 6) is 0.617. The van der Waals surface area contributed by atoms with Crippen LogP contribution in [-0.2, 0) is 4.79 Å². The number of nitrogens with one attached hydrogen (secondary N) is 1. The lowest BCUT2D eigenvalue weighted by Crippen LogP contribution is -2.51. The molecule has 19 heavy (non-hydrogen) atoms. The van der Waals surface area contributed by atoms with Gasteiger partial charge in [-0.2, -0.15) is 0 Å². The number of piperidine rings is 1. The predicted molar refractivity (Wildman–Crippen MR) is 73.0 cm³/mol. The SMILES string of the molecule is O=C(O)CN1CC(CCCO)CC(NCC2CC2)C1. The second-order valence-electron chi connectivity index (χ2n) is 6.10. The zero-order chi connectivity index (χ0) is 13.7. The molecule has 1 saturated heterocycles. The van der Waals surface area contributed by atoms with Crippen molar-refractivity contribution in [1.29, 1.82) is 0 Å². The molecule has 2 aliphatic rings. The Hall–Kier alpha value is -0.650. The van der Waals surface area contributed by atoms with Crippen molar-refractivity contribution in [2.45, 2.75) is 38.1 Å². The van der Waals surface area contributed by atoms with Crippen molar-refractivity contribution >= 4 is 5.97 Å². The van der Waals surface area contributed by atoms with E-state index in [9.17, 15) is 4.79 Å². The highest BCUT2D eigenvalue weighted by Crippen LogP contribution is 2.28. The summed E-state index contributed by atoms with van der Waals surface area (Å²) in [7, 11) is 0. The third kappa shape index (κ3) is 5.47. The fourth-order valence-electron chi connectivity index (χ4n) is 3.02. The number of hydrogen-bond donors (Lipinski definition) is 3. The second kappa shape index (κ2) is 7.22. The van der Waals surface area contributed by atoms with Crippen LogP contribution in [0.2, 0.25) is 0 Å². The molecule has 0 spiro atoms. The van der Waals surface area contributed by atoms with E-state index in [2.05, 4.69) is 5.32 Å². The van der Waals surface area contributed by atoms with E-state index >= 15 is 0 Å². The molecule has 0 aromatic heterocycles. The van der Waals surface area contributed by atoms with Gasteiger partial charge in [0, 0.05) is 25.7 Å². The van der Waals surface area contributed by atoms with Gasteiger partial charge in [-0.05, 0) is 50.5 Å². The van der Waals surface area contributed by atoms with Crippen molar-refractivity contribution in [3.63, 3.8) is 0 Å². The van der Waals surface area contributed by atoms with E-state index in [1.807, 2.05) is 4.90 Å². The first-order chi connectivity index (χ1) is 9.17. The van der Waals surface area contributed by atoms with Gasteiger partial charge in [-0.15, -0.1) is 0 Å². The van der Waals surface area contributed by atoms with Gasteiger partial charge in [-0.1, -0.05) is 0 Å². The first-order valence-corrected chi connectivity index (χ1v) is 7.45. The number of likely N-dealkylation sites (tertiary alicyclic amines) is 1. The molecule has 0 aromatic carbocycles. The van der Waals surface area contributed by atoms with Crippen LogP contribution >= 0.6 is 0 Å². The van der Waals surface area contributed by atoms with Gasteiger partial charge in [0.1, 0.15) is 0 Å². The molecule has 2 rings (SSSR count). The fourth-order valence-corrected chi connectivity index (χ4v) is 3.02. The van der Waals surface area contributed by atoms with Crippen LogP contribution in [-0.4, -0.2) is 59.9 Å². The molecule has 5 heteroatoms. The molecule has 2 unspecified atom stereocenters. The molecule has 2 atom stereocenters. The minimum Gasteiger partial charge on any atom is -0.480 e. The minimum atomic E-state index is -0.747. The highest BCUT2D eigenvalue weighted by molar-refractivity contribution is 5.69. The summed E-state index contributed by atoms with van der Waals surface area (Å²) in [6, 6.07) is 0.414. The van der Waals surface area contributed by atoms with Crippen molar-refractivity contribution in [2.24, 2.45) is 11.8 Å². The molecule has 3 N–H and O–H groups in total. The molecule has 2 fully saturated rings. The Morgan fingerprint density at radius 1 is 1.26 bits per heavy atom. The number of hydrogen-bond acceptors (Lipinski definition) is 4. The van der Waals surface area contributed by atoms with Crippen LogP contribution in [0.25, 0.3) is 0 Å². The Labute approximate surface area is 115 Å². The number of nitrogens with zero attached hydrogens (tertiary/aromatic N) is 1. The monoisotopic (exact) mass is 270 g/mol. The number of aliphatic hydroxyl groups is 1. The number of rotatable bonds is 8. The van der Waals surface area contributed by atoms with Crippen molar-refractivity contribution in [3.05, 3.63) is 0 Å². The number of aliphatic hydroxyl groups excluding tert-OH is 1. The van der Waals surface area contributed by atoms with Gasteiger partial charge in [-0.3, -0.25) is 9.69 Å². The van der Waals surface area contributed by atoms with Gasteiger partial charge in [0.25, 0.3) is 0 Å². The van der Waals surface area contributed by atoms with Gasteiger partial charge in [0.15, 0.2) is 0 Å². The molecular weight excluding hydrogens is 244 g/mol. The summed E-state index contributed by atoms with van der Waals surface area (Å²) in [5.41, 5.74) is 0. The van der Waals surface area contributed by atoms with E-state index in [0.717, 1.165) is 44.8 Å². The van der Waals surface area contributed by atoms with Crippen molar-refractivity contribution in [2.75, 3.05) is 32.8 Å². The van der Waals surface area contributed by atoms with E-state index in [0.29, 0.717) is 12.0 Å². The van der Waals surface area contributed by atoms with Crippen molar-refractivity contribution in [1.82, 2.24) is 10.2 Å². The normalized spacial score (nSPS) is 28.5. The van der Waals surface area contributed by atoms with Gasteiger partial charge < -0.3 is 15.5 Å².